The number of tetrazole rings is 1. The van der Waals surface area contributed by atoms with E-state index >= 15 is 0 Å². The van der Waals surface area contributed by atoms with E-state index in [1.807, 2.05) is 0 Å². The second-order valence-corrected chi connectivity index (χ2v) is 5.69. The SMILES string of the molecule is CC1CCOC1c1nnnn1CC1(C(=O)O)CCC1. The fourth-order valence-corrected chi connectivity index (χ4v) is 2.88. The zero-order valence-corrected chi connectivity index (χ0v) is 10.9. The molecule has 104 valence electrons. The molecule has 2 unspecified atom stereocenters. The summed E-state index contributed by atoms with van der Waals surface area (Å²) in [7, 11) is 0. The van der Waals surface area contributed by atoms with Crippen LogP contribution >= 0.6 is 0 Å². The summed E-state index contributed by atoms with van der Waals surface area (Å²) in [4.78, 5) is 11.4. The molecule has 1 N–H and O–H groups in total. The smallest absolute Gasteiger partial charge is 0.311 e. The lowest BCUT2D eigenvalue weighted by atomic mass is 9.69. The van der Waals surface area contributed by atoms with Gasteiger partial charge in [-0.15, -0.1) is 5.10 Å². The Hall–Kier alpha value is -1.50. The molecule has 1 aromatic rings. The van der Waals surface area contributed by atoms with Crippen molar-refractivity contribution in [1.82, 2.24) is 20.2 Å². The normalized spacial score (nSPS) is 29.1. The van der Waals surface area contributed by atoms with Gasteiger partial charge in [-0.3, -0.25) is 4.79 Å². The summed E-state index contributed by atoms with van der Waals surface area (Å²) in [6.45, 7) is 3.16. The molecule has 2 aliphatic rings. The highest BCUT2D eigenvalue weighted by atomic mass is 16.5. The second kappa shape index (κ2) is 4.56. The van der Waals surface area contributed by atoms with Gasteiger partial charge in [0.15, 0.2) is 5.82 Å². The average molecular weight is 266 g/mol. The van der Waals surface area contributed by atoms with Crippen molar-refractivity contribution in [2.45, 2.75) is 45.3 Å². The number of aliphatic carboxylic acids is 1. The predicted octanol–water partition coefficient (Wildman–Crippen LogP) is 1.03. The Morgan fingerprint density at radius 3 is 2.89 bits per heavy atom. The summed E-state index contributed by atoms with van der Waals surface area (Å²) in [6.07, 6.45) is 3.23. The minimum absolute atomic E-state index is 0.110. The third-order valence-corrected chi connectivity index (χ3v) is 4.42. The van der Waals surface area contributed by atoms with Crippen LogP contribution in [0.1, 0.15) is 44.5 Å². The predicted molar refractivity (Wildman–Crippen MR) is 64.2 cm³/mol. The van der Waals surface area contributed by atoms with Crippen LogP contribution in [0.25, 0.3) is 0 Å². The van der Waals surface area contributed by atoms with E-state index in [4.69, 9.17) is 4.74 Å². The third-order valence-electron chi connectivity index (χ3n) is 4.42. The first kappa shape index (κ1) is 12.5. The highest BCUT2D eigenvalue weighted by Crippen LogP contribution is 2.43. The topological polar surface area (TPSA) is 90.1 Å². The number of nitrogens with zero attached hydrogens (tertiary/aromatic N) is 4. The summed E-state index contributed by atoms with van der Waals surface area (Å²) in [5, 5.41) is 21.1. The second-order valence-electron chi connectivity index (χ2n) is 5.69. The van der Waals surface area contributed by atoms with Crippen LogP contribution in [0.3, 0.4) is 0 Å². The van der Waals surface area contributed by atoms with Crippen LogP contribution in [0.15, 0.2) is 0 Å². The van der Waals surface area contributed by atoms with Gasteiger partial charge in [-0.05, 0) is 35.6 Å². The van der Waals surface area contributed by atoms with Crippen LogP contribution < -0.4 is 0 Å². The number of ether oxygens (including phenoxy) is 1. The number of carboxylic acids is 1. The molecule has 1 saturated heterocycles. The van der Waals surface area contributed by atoms with Gasteiger partial charge >= 0.3 is 5.97 Å². The number of hydrogen-bond acceptors (Lipinski definition) is 5. The fourth-order valence-electron chi connectivity index (χ4n) is 2.88. The van der Waals surface area contributed by atoms with Crippen LogP contribution in [0.5, 0.6) is 0 Å². The van der Waals surface area contributed by atoms with Gasteiger partial charge in [0, 0.05) is 6.61 Å². The van der Waals surface area contributed by atoms with Gasteiger partial charge in [0.1, 0.15) is 6.10 Å². The van der Waals surface area contributed by atoms with E-state index in [0.717, 1.165) is 12.8 Å². The van der Waals surface area contributed by atoms with Crippen molar-refractivity contribution in [1.29, 1.82) is 0 Å². The van der Waals surface area contributed by atoms with Crippen molar-refractivity contribution in [3.8, 4) is 0 Å². The van der Waals surface area contributed by atoms with Crippen molar-refractivity contribution in [3.05, 3.63) is 5.82 Å². The number of aromatic nitrogens is 4. The van der Waals surface area contributed by atoms with Crippen molar-refractivity contribution < 1.29 is 14.6 Å². The Labute approximate surface area is 110 Å². The van der Waals surface area contributed by atoms with Crippen LogP contribution in [0, 0.1) is 11.3 Å². The van der Waals surface area contributed by atoms with E-state index < -0.39 is 11.4 Å². The molecule has 7 heteroatoms. The zero-order valence-electron chi connectivity index (χ0n) is 10.9. The molecular weight excluding hydrogens is 248 g/mol. The minimum atomic E-state index is -0.749. The van der Waals surface area contributed by atoms with Gasteiger partial charge in [-0.1, -0.05) is 13.3 Å². The molecule has 0 aromatic carbocycles. The molecule has 2 atom stereocenters. The first-order chi connectivity index (χ1) is 9.12. The molecule has 0 bridgehead atoms. The summed E-state index contributed by atoms with van der Waals surface area (Å²) in [5.41, 5.74) is -0.689. The van der Waals surface area contributed by atoms with Gasteiger partial charge in [-0.2, -0.15) is 0 Å². The van der Waals surface area contributed by atoms with Gasteiger partial charge in [0.05, 0.1) is 12.0 Å². The minimum Gasteiger partial charge on any atom is -0.481 e. The number of carboxylic acid groups (broad SMARTS) is 1. The number of hydrogen-bond donors (Lipinski definition) is 1. The maximum atomic E-state index is 11.4. The molecule has 0 radical (unpaired) electrons. The largest absolute Gasteiger partial charge is 0.481 e. The summed E-state index contributed by atoms with van der Waals surface area (Å²) in [6, 6.07) is 0. The van der Waals surface area contributed by atoms with E-state index in [1.54, 1.807) is 4.68 Å². The van der Waals surface area contributed by atoms with Crippen LogP contribution in [-0.2, 0) is 16.1 Å². The maximum absolute atomic E-state index is 11.4. The fraction of sp³-hybridized carbons (Fsp3) is 0.833. The summed E-state index contributed by atoms with van der Waals surface area (Å²) >= 11 is 0. The molecular formula is C12H18N4O3. The first-order valence-electron chi connectivity index (χ1n) is 6.73. The lowest BCUT2D eigenvalue weighted by Gasteiger charge is -2.37. The van der Waals surface area contributed by atoms with Gasteiger partial charge in [-0.25, -0.2) is 4.68 Å². The van der Waals surface area contributed by atoms with Crippen LogP contribution in [0.2, 0.25) is 0 Å². The molecule has 3 rings (SSSR count). The molecule has 1 aliphatic carbocycles. The molecule has 2 fully saturated rings. The van der Waals surface area contributed by atoms with Gasteiger partial charge < -0.3 is 9.84 Å². The van der Waals surface area contributed by atoms with Crippen molar-refractivity contribution in [2.24, 2.45) is 11.3 Å². The van der Waals surface area contributed by atoms with E-state index in [9.17, 15) is 9.90 Å². The monoisotopic (exact) mass is 266 g/mol. The Bertz CT molecular complexity index is 483. The first-order valence-corrected chi connectivity index (χ1v) is 6.73. The van der Waals surface area contributed by atoms with E-state index in [1.165, 1.54) is 0 Å². The lowest BCUT2D eigenvalue weighted by Crippen LogP contribution is -2.42. The highest BCUT2D eigenvalue weighted by molar-refractivity contribution is 5.75. The quantitative estimate of drug-likeness (QED) is 0.875. The summed E-state index contributed by atoms with van der Waals surface area (Å²) < 4.78 is 7.29. The Morgan fingerprint density at radius 2 is 2.37 bits per heavy atom. The molecule has 19 heavy (non-hydrogen) atoms. The molecule has 2 heterocycles. The highest BCUT2D eigenvalue weighted by Gasteiger charge is 2.46. The zero-order chi connectivity index (χ0) is 13.5. The average Bonchev–Trinajstić information content (AvgIpc) is 2.91. The van der Waals surface area contributed by atoms with Crippen LogP contribution in [-0.4, -0.2) is 37.9 Å². The maximum Gasteiger partial charge on any atom is 0.311 e. The summed E-state index contributed by atoms with van der Waals surface area (Å²) in [5.74, 6) is 0.282. The standard InChI is InChI=1S/C12H18N4O3/c1-8-3-6-19-9(8)10-13-14-15-16(10)7-12(11(17)18)4-2-5-12/h8-9H,2-7H2,1H3,(H,17,18). The van der Waals surface area contributed by atoms with Crippen molar-refractivity contribution >= 4 is 5.97 Å². The molecule has 0 spiro atoms. The van der Waals surface area contributed by atoms with Gasteiger partial charge in [0.25, 0.3) is 0 Å². The molecule has 1 aliphatic heterocycles. The molecule has 1 aromatic heterocycles. The van der Waals surface area contributed by atoms with Crippen molar-refractivity contribution in [2.75, 3.05) is 6.61 Å². The Kier molecular flexibility index (Phi) is 3.00. The van der Waals surface area contributed by atoms with E-state index in [2.05, 4.69) is 22.4 Å². The number of carbonyl (C=O) groups is 1. The molecule has 7 nitrogen and oxygen atoms in total. The van der Waals surface area contributed by atoms with E-state index in [0.29, 0.717) is 37.7 Å². The third kappa shape index (κ3) is 2.01. The Morgan fingerprint density at radius 1 is 1.58 bits per heavy atom. The van der Waals surface area contributed by atoms with Crippen LogP contribution in [0.4, 0.5) is 0 Å². The van der Waals surface area contributed by atoms with Crippen molar-refractivity contribution in [3.63, 3.8) is 0 Å². The Balaban J connectivity index is 1.82. The lowest BCUT2D eigenvalue weighted by molar-refractivity contribution is -0.156. The van der Waals surface area contributed by atoms with Gasteiger partial charge in [0.2, 0.25) is 0 Å². The number of rotatable bonds is 4. The molecule has 0 amide bonds. The molecule has 1 saturated carbocycles. The van der Waals surface area contributed by atoms with E-state index in [-0.39, 0.29) is 6.10 Å².